The first-order chi connectivity index (χ1) is 6.97. The van der Waals surface area contributed by atoms with Crippen molar-refractivity contribution in [3.05, 3.63) is 33.8 Å². The van der Waals surface area contributed by atoms with Crippen LogP contribution in [0.25, 0.3) is 0 Å². The molecule has 0 fully saturated rings. The minimum Gasteiger partial charge on any atom is -0.481 e. The lowest BCUT2D eigenvalue weighted by atomic mass is 9.93. The summed E-state index contributed by atoms with van der Waals surface area (Å²) >= 11 is 5.99. The monoisotopic (exact) mass is 227 g/mol. The molecule has 0 amide bonds. The van der Waals surface area contributed by atoms with Crippen LogP contribution in [0, 0.1) is 13.8 Å². The number of carbonyl (C=O) groups is 1. The van der Waals surface area contributed by atoms with E-state index in [4.69, 9.17) is 22.4 Å². The van der Waals surface area contributed by atoms with Crippen molar-refractivity contribution in [1.29, 1.82) is 0 Å². The third kappa shape index (κ3) is 2.49. The topological polar surface area (TPSA) is 63.3 Å². The molecule has 82 valence electrons. The Morgan fingerprint density at radius 1 is 1.53 bits per heavy atom. The summed E-state index contributed by atoms with van der Waals surface area (Å²) in [6.45, 7) is 3.77. The first kappa shape index (κ1) is 12.0. The first-order valence-electron chi connectivity index (χ1n) is 4.67. The highest BCUT2D eigenvalue weighted by Crippen LogP contribution is 2.27. The molecule has 0 spiro atoms. The number of halogens is 1. The molecular formula is C11H14ClNO2. The van der Waals surface area contributed by atoms with Crippen molar-refractivity contribution in [2.24, 2.45) is 5.73 Å². The van der Waals surface area contributed by atoms with Crippen LogP contribution in [0.2, 0.25) is 5.02 Å². The number of aryl methyl sites for hydroxylation is 1. The van der Waals surface area contributed by atoms with Gasteiger partial charge in [0.2, 0.25) is 0 Å². The van der Waals surface area contributed by atoms with Crippen LogP contribution in [0.3, 0.4) is 0 Å². The van der Waals surface area contributed by atoms with Gasteiger partial charge in [-0.2, -0.15) is 0 Å². The van der Waals surface area contributed by atoms with Crippen LogP contribution in [0.5, 0.6) is 0 Å². The molecule has 0 aliphatic carbocycles. The summed E-state index contributed by atoms with van der Waals surface area (Å²) in [5, 5.41) is 9.60. The molecule has 0 radical (unpaired) electrons. The number of carboxylic acid groups (broad SMARTS) is 1. The minimum atomic E-state index is -0.915. The van der Waals surface area contributed by atoms with Crippen molar-refractivity contribution in [2.45, 2.75) is 19.8 Å². The maximum Gasteiger partial charge on any atom is 0.312 e. The van der Waals surface area contributed by atoms with Crippen molar-refractivity contribution in [3.63, 3.8) is 0 Å². The molecule has 1 aromatic carbocycles. The van der Waals surface area contributed by atoms with Crippen LogP contribution in [-0.4, -0.2) is 17.6 Å². The second kappa shape index (κ2) is 4.64. The van der Waals surface area contributed by atoms with Gasteiger partial charge < -0.3 is 10.8 Å². The number of rotatable bonds is 3. The molecule has 0 saturated heterocycles. The zero-order valence-electron chi connectivity index (χ0n) is 8.75. The maximum atomic E-state index is 11.0. The standard InChI is InChI=1S/C11H14ClNO2/c1-6-3-8(7(2)10(12)4-6)9(5-13)11(14)15/h3-4,9H,5,13H2,1-2H3,(H,14,15). The maximum absolute atomic E-state index is 11.0. The lowest BCUT2D eigenvalue weighted by Crippen LogP contribution is -2.22. The Hall–Kier alpha value is -1.06. The summed E-state index contributed by atoms with van der Waals surface area (Å²) in [4.78, 5) is 11.0. The molecule has 1 atom stereocenters. The van der Waals surface area contributed by atoms with E-state index < -0.39 is 11.9 Å². The summed E-state index contributed by atoms with van der Waals surface area (Å²) in [6, 6.07) is 3.64. The molecule has 1 aromatic rings. The van der Waals surface area contributed by atoms with E-state index in [2.05, 4.69) is 0 Å². The fraction of sp³-hybridized carbons (Fsp3) is 0.364. The molecule has 0 aliphatic rings. The Bertz CT molecular complexity index is 390. The van der Waals surface area contributed by atoms with Crippen molar-refractivity contribution in [2.75, 3.05) is 6.54 Å². The van der Waals surface area contributed by atoms with Crippen LogP contribution in [0.1, 0.15) is 22.6 Å². The Morgan fingerprint density at radius 2 is 2.13 bits per heavy atom. The summed E-state index contributed by atoms with van der Waals surface area (Å²) in [7, 11) is 0. The third-order valence-corrected chi connectivity index (χ3v) is 2.83. The van der Waals surface area contributed by atoms with Crippen molar-refractivity contribution < 1.29 is 9.90 Å². The van der Waals surface area contributed by atoms with E-state index in [1.54, 1.807) is 0 Å². The second-order valence-electron chi connectivity index (χ2n) is 3.59. The lowest BCUT2D eigenvalue weighted by molar-refractivity contribution is -0.138. The van der Waals surface area contributed by atoms with Gasteiger partial charge in [0.1, 0.15) is 0 Å². The average Bonchev–Trinajstić information content (AvgIpc) is 2.13. The number of carboxylic acids is 1. The number of hydrogen-bond acceptors (Lipinski definition) is 2. The molecule has 3 N–H and O–H groups in total. The quantitative estimate of drug-likeness (QED) is 0.831. The largest absolute Gasteiger partial charge is 0.481 e. The van der Waals surface area contributed by atoms with Crippen LogP contribution in [-0.2, 0) is 4.79 Å². The number of aliphatic carboxylic acids is 1. The number of hydrogen-bond donors (Lipinski definition) is 2. The Balaban J connectivity index is 3.28. The van der Waals surface area contributed by atoms with Gasteiger partial charge in [0.15, 0.2) is 0 Å². The van der Waals surface area contributed by atoms with E-state index in [0.29, 0.717) is 10.6 Å². The SMILES string of the molecule is Cc1cc(Cl)c(C)c(C(CN)C(=O)O)c1. The predicted molar refractivity (Wildman–Crippen MR) is 60.4 cm³/mol. The number of nitrogens with two attached hydrogens (primary N) is 1. The zero-order valence-corrected chi connectivity index (χ0v) is 9.51. The fourth-order valence-electron chi connectivity index (χ4n) is 1.56. The summed E-state index contributed by atoms with van der Waals surface area (Å²) in [5.74, 6) is -1.59. The van der Waals surface area contributed by atoms with E-state index in [1.807, 2.05) is 26.0 Å². The Labute approximate surface area is 93.9 Å². The van der Waals surface area contributed by atoms with Gasteiger partial charge in [0.25, 0.3) is 0 Å². The Morgan fingerprint density at radius 3 is 2.60 bits per heavy atom. The molecule has 0 aliphatic heterocycles. The highest BCUT2D eigenvalue weighted by Gasteiger charge is 2.21. The molecule has 0 saturated carbocycles. The van der Waals surface area contributed by atoms with Crippen LogP contribution < -0.4 is 5.73 Å². The lowest BCUT2D eigenvalue weighted by Gasteiger charge is -2.15. The summed E-state index contributed by atoms with van der Waals surface area (Å²) < 4.78 is 0. The van der Waals surface area contributed by atoms with Crippen molar-refractivity contribution in [1.82, 2.24) is 0 Å². The van der Waals surface area contributed by atoms with Gasteiger partial charge in [-0.25, -0.2) is 0 Å². The molecule has 1 unspecified atom stereocenters. The zero-order chi connectivity index (χ0) is 11.6. The van der Waals surface area contributed by atoms with E-state index in [0.717, 1.165) is 11.1 Å². The molecule has 15 heavy (non-hydrogen) atoms. The van der Waals surface area contributed by atoms with Crippen molar-refractivity contribution in [3.8, 4) is 0 Å². The van der Waals surface area contributed by atoms with E-state index >= 15 is 0 Å². The van der Waals surface area contributed by atoms with Gasteiger partial charge in [-0.05, 0) is 36.6 Å². The minimum absolute atomic E-state index is 0.0793. The molecule has 0 aromatic heterocycles. The predicted octanol–water partition coefficient (Wildman–Crippen LogP) is 2.08. The van der Waals surface area contributed by atoms with Gasteiger partial charge in [-0.3, -0.25) is 4.79 Å². The third-order valence-electron chi connectivity index (χ3n) is 2.44. The molecule has 0 heterocycles. The van der Waals surface area contributed by atoms with Crippen molar-refractivity contribution >= 4 is 17.6 Å². The van der Waals surface area contributed by atoms with E-state index in [-0.39, 0.29) is 6.54 Å². The van der Waals surface area contributed by atoms with Gasteiger partial charge in [0.05, 0.1) is 5.92 Å². The van der Waals surface area contributed by atoms with Crippen LogP contribution in [0.4, 0.5) is 0 Å². The average molecular weight is 228 g/mol. The molecule has 1 rings (SSSR count). The molecular weight excluding hydrogens is 214 g/mol. The molecule has 3 nitrogen and oxygen atoms in total. The number of benzene rings is 1. The van der Waals surface area contributed by atoms with Gasteiger partial charge in [-0.15, -0.1) is 0 Å². The van der Waals surface area contributed by atoms with Gasteiger partial charge in [0, 0.05) is 11.6 Å². The summed E-state index contributed by atoms with van der Waals surface area (Å²) in [5.41, 5.74) is 7.89. The van der Waals surface area contributed by atoms with Crippen LogP contribution in [0.15, 0.2) is 12.1 Å². The van der Waals surface area contributed by atoms with E-state index in [9.17, 15) is 4.79 Å². The van der Waals surface area contributed by atoms with Gasteiger partial charge in [-0.1, -0.05) is 17.7 Å². The van der Waals surface area contributed by atoms with Gasteiger partial charge >= 0.3 is 5.97 Å². The van der Waals surface area contributed by atoms with E-state index in [1.165, 1.54) is 0 Å². The van der Waals surface area contributed by atoms with Crippen LogP contribution >= 0.6 is 11.6 Å². The smallest absolute Gasteiger partial charge is 0.312 e. The highest BCUT2D eigenvalue weighted by atomic mass is 35.5. The summed E-state index contributed by atoms with van der Waals surface area (Å²) in [6.07, 6.45) is 0. The molecule has 4 heteroatoms. The fourth-order valence-corrected chi connectivity index (χ4v) is 1.85. The Kier molecular flexibility index (Phi) is 3.72. The first-order valence-corrected chi connectivity index (χ1v) is 5.04. The second-order valence-corrected chi connectivity index (χ2v) is 3.99. The highest BCUT2D eigenvalue weighted by molar-refractivity contribution is 6.31. The molecule has 0 bridgehead atoms. The normalized spacial score (nSPS) is 12.5.